The summed E-state index contributed by atoms with van der Waals surface area (Å²) in [5.74, 6) is -1.05. The summed E-state index contributed by atoms with van der Waals surface area (Å²) < 4.78 is 18.7. The van der Waals surface area contributed by atoms with E-state index in [0.717, 1.165) is 25.7 Å². The van der Waals surface area contributed by atoms with Crippen molar-refractivity contribution in [2.24, 2.45) is 5.92 Å². The van der Waals surface area contributed by atoms with Gasteiger partial charge in [0.1, 0.15) is 16.6 Å². The first-order chi connectivity index (χ1) is 14.0. The van der Waals surface area contributed by atoms with Gasteiger partial charge >= 0.3 is 5.97 Å². The van der Waals surface area contributed by atoms with Crippen LogP contribution in [0.5, 0.6) is 0 Å². The molecule has 1 fully saturated rings. The van der Waals surface area contributed by atoms with E-state index < -0.39 is 5.82 Å². The normalized spacial score (nSPS) is 14.1. The molecular formula is C22H24FNO4S. The highest BCUT2D eigenvalue weighted by molar-refractivity contribution is 7.09. The van der Waals surface area contributed by atoms with E-state index in [2.05, 4.69) is 4.98 Å². The van der Waals surface area contributed by atoms with Crippen LogP contribution in [0.1, 0.15) is 59.2 Å². The molecule has 3 rings (SSSR count). The number of aromatic nitrogens is 1. The van der Waals surface area contributed by atoms with Crippen LogP contribution in [0, 0.1) is 11.7 Å². The molecule has 0 unspecified atom stereocenters. The van der Waals surface area contributed by atoms with E-state index in [1.165, 1.54) is 29.5 Å². The summed E-state index contributed by atoms with van der Waals surface area (Å²) in [4.78, 5) is 41.2. The van der Waals surface area contributed by atoms with Gasteiger partial charge in [-0.25, -0.2) is 9.37 Å². The third-order valence-electron chi connectivity index (χ3n) is 5.03. The number of Topliss-reactive ketones (excluding diaryl/α,β-unsaturated/α-hetero) is 2. The molecule has 154 valence electrons. The SMILES string of the molecule is CCOC(=O)Cc1csc(CC(=O)Cc2ccc(F)cc2C(=O)C2CCCC2)n1. The van der Waals surface area contributed by atoms with Crippen molar-refractivity contribution in [2.75, 3.05) is 6.61 Å². The van der Waals surface area contributed by atoms with Crippen molar-refractivity contribution in [3.63, 3.8) is 0 Å². The molecule has 0 N–H and O–H groups in total. The lowest BCUT2D eigenvalue weighted by molar-refractivity contribution is -0.142. The van der Waals surface area contributed by atoms with Gasteiger partial charge in [0.2, 0.25) is 0 Å². The van der Waals surface area contributed by atoms with Crippen LogP contribution in [-0.4, -0.2) is 29.1 Å². The third-order valence-corrected chi connectivity index (χ3v) is 5.93. The van der Waals surface area contributed by atoms with E-state index in [-0.39, 0.29) is 42.7 Å². The second kappa shape index (κ2) is 9.87. The molecule has 1 saturated carbocycles. The molecule has 2 aromatic rings. The van der Waals surface area contributed by atoms with Crippen LogP contribution in [0.3, 0.4) is 0 Å². The maximum Gasteiger partial charge on any atom is 0.311 e. The summed E-state index contributed by atoms with van der Waals surface area (Å²) in [5.41, 5.74) is 1.47. The summed E-state index contributed by atoms with van der Waals surface area (Å²) in [6.07, 6.45) is 3.92. The van der Waals surface area contributed by atoms with Crippen LogP contribution in [0.4, 0.5) is 4.39 Å². The summed E-state index contributed by atoms with van der Waals surface area (Å²) in [5, 5.41) is 2.35. The number of nitrogens with zero attached hydrogens (tertiary/aromatic N) is 1. The van der Waals surface area contributed by atoms with Gasteiger partial charge in [-0.05, 0) is 37.5 Å². The second-order valence-corrected chi connectivity index (χ2v) is 8.20. The number of rotatable bonds is 9. The molecule has 7 heteroatoms. The van der Waals surface area contributed by atoms with Crippen molar-refractivity contribution in [1.29, 1.82) is 0 Å². The van der Waals surface area contributed by atoms with E-state index in [0.29, 0.717) is 28.4 Å². The molecule has 0 amide bonds. The average molecular weight is 418 g/mol. The molecule has 0 aliphatic heterocycles. The van der Waals surface area contributed by atoms with Gasteiger partial charge in [-0.15, -0.1) is 11.3 Å². The highest BCUT2D eigenvalue weighted by Gasteiger charge is 2.26. The Labute approximate surface area is 173 Å². The molecule has 1 aromatic heterocycles. The van der Waals surface area contributed by atoms with Gasteiger partial charge in [0.25, 0.3) is 0 Å². The Kier molecular flexibility index (Phi) is 7.25. The van der Waals surface area contributed by atoms with E-state index in [1.807, 2.05) is 0 Å². The number of esters is 1. The van der Waals surface area contributed by atoms with E-state index in [4.69, 9.17) is 4.74 Å². The number of ketones is 2. The average Bonchev–Trinajstić information content (AvgIpc) is 3.35. The standard InChI is InChI=1S/C22H24FNO4S/c1-2-28-21(26)11-17-13-29-20(24-17)12-18(25)9-15-7-8-16(23)10-19(15)22(27)14-5-3-4-6-14/h7-8,10,13-14H,2-6,9,11-12H2,1H3. The quantitative estimate of drug-likeness (QED) is 0.453. The first-order valence-electron chi connectivity index (χ1n) is 9.89. The maximum atomic E-state index is 13.8. The number of thiazole rings is 1. The van der Waals surface area contributed by atoms with Gasteiger partial charge in [-0.3, -0.25) is 14.4 Å². The van der Waals surface area contributed by atoms with Crippen molar-refractivity contribution in [3.05, 3.63) is 51.2 Å². The number of carbonyl (C=O) groups excluding carboxylic acids is 3. The minimum absolute atomic E-state index is 0.0564. The zero-order valence-corrected chi connectivity index (χ0v) is 17.2. The van der Waals surface area contributed by atoms with Gasteiger partial charge in [-0.2, -0.15) is 0 Å². The molecule has 1 heterocycles. The number of carbonyl (C=O) groups is 3. The number of ether oxygens (including phenoxy) is 1. The van der Waals surface area contributed by atoms with Crippen LogP contribution < -0.4 is 0 Å². The fraction of sp³-hybridized carbons (Fsp3) is 0.455. The van der Waals surface area contributed by atoms with Crippen molar-refractivity contribution in [3.8, 4) is 0 Å². The van der Waals surface area contributed by atoms with Crippen molar-refractivity contribution < 1.29 is 23.5 Å². The first kappa shape index (κ1) is 21.3. The number of hydrogen-bond donors (Lipinski definition) is 0. The molecule has 0 radical (unpaired) electrons. The summed E-state index contributed by atoms with van der Waals surface area (Å²) in [6.45, 7) is 2.05. The molecule has 0 saturated heterocycles. The van der Waals surface area contributed by atoms with Gasteiger partial charge < -0.3 is 4.74 Å². The molecule has 5 nitrogen and oxygen atoms in total. The lowest BCUT2D eigenvalue weighted by atomic mass is 9.91. The van der Waals surface area contributed by atoms with Crippen LogP contribution in [0.2, 0.25) is 0 Å². The molecule has 1 aliphatic carbocycles. The molecule has 0 bridgehead atoms. The van der Waals surface area contributed by atoms with Crippen molar-refractivity contribution in [1.82, 2.24) is 4.98 Å². The topological polar surface area (TPSA) is 73.3 Å². The van der Waals surface area contributed by atoms with Gasteiger partial charge in [-0.1, -0.05) is 18.9 Å². The molecule has 1 aliphatic rings. The summed E-state index contributed by atoms with van der Waals surface area (Å²) >= 11 is 1.32. The lowest BCUT2D eigenvalue weighted by Gasteiger charge is -2.12. The van der Waals surface area contributed by atoms with E-state index in [9.17, 15) is 18.8 Å². The monoisotopic (exact) mass is 417 g/mol. The van der Waals surface area contributed by atoms with Crippen molar-refractivity contribution >= 4 is 28.9 Å². The molecule has 0 spiro atoms. The van der Waals surface area contributed by atoms with Gasteiger partial charge in [0.05, 0.1) is 25.1 Å². The Balaban J connectivity index is 1.66. The summed E-state index contributed by atoms with van der Waals surface area (Å²) in [7, 11) is 0. The van der Waals surface area contributed by atoms with Crippen LogP contribution in [-0.2, 0) is 33.6 Å². The lowest BCUT2D eigenvalue weighted by Crippen LogP contribution is -2.16. The fourth-order valence-corrected chi connectivity index (χ4v) is 4.48. The molecular weight excluding hydrogens is 393 g/mol. The predicted molar refractivity (Wildman–Crippen MR) is 108 cm³/mol. The fourth-order valence-electron chi connectivity index (χ4n) is 3.65. The highest BCUT2D eigenvalue weighted by Crippen LogP contribution is 2.29. The molecule has 1 aromatic carbocycles. The Bertz CT molecular complexity index is 902. The zero-order chi connectivity index (χ0) is 20.8. The van der Waals surface area contributed by atoms with Crippen LogP contribution in [0.25, 0.3) is 0 Å². The largest absolute Gasteiger partial charge is 0.466 e. The minimum atomic E-state index is -0.467. The Morgan fingerprint density at radius 2 is 1.93 bits per heavy atom. The Hall–Kier alpha value is -2.41. The van der Waals surface area contributed by atoms with E-state index in [1.54, 1.807) is 12.3 Å². The van der Waals surface area contributed by atoms with Crippen LogP contribution >= 0.6 is 11.3 Å². The van der Waals surface area contributed by atoms with Crippen molar-refractivity contribution in [2.45, 2.75) is 51.9 Å². The molecule has 29 heavy (non-hydrogen) atoms. The Morgan fingerprint density at radius 3 is 2.66 bits per heavy atom. The maximum absolute atomic E-state index is 13.8. The third kappa shape index (κ3) is 5.79. The number of benzene rings is 1. The predicted octanol–water partition coefficient (Wildman–Crippen LogP) is 4.12. The smallest absolute Gasteiger partial charge is 0.311 e. The number of hydrogen-bond acceptors (Lipinski definition) is 6. The van der Waals surface area contributed by atoms with Gasteiger partial charge in [0.15, 0.2) is 5.78 Å². The first-order valence-corrected chi connectivity index (χ1v) is 10.8. The Morgan fingerprint density at radius 1 is 1.17 bits per heavy atom. The van der Waals surface area contributed by atoms with E-state index >= 15 is 0 Å². The molecule has 0 atom stereocenters. The zero-order valence-electron chi connectivity index (χ0n) is 16.4. The summed E-state index contributed by atoms with van der Waals surface area (Å²) in [6, 6.07) is 4.07. The second-order valence-electron chi connectivity index (χ2n) is 7.25. The number of halogens is 1. The minimum Gasteiger partial charge on any atom is -0.466 e. The van der Waals surface area contributed by atoms with Gasteiger partial charge in [0, 0.05) is 23.3 Å². The highest BCUT2D eigenvalue weighted by atomic mass is 32.1. The van der Waals surface area contributed by atoms with Crippen LogP contribution in [0.15, 0.2) is 23.6 Å².